The number of nitrogens with one attached hydrogen (secondary N) is 1. The zero-order valence-corrected chi connectivity index (χ0v) is 9.78. The molecule has 14 heavy (non-hydrogen) atoms. The van der Waals surface area contributed by atoms with Gasteiger partial charge < -0.3 is 5.32 Å². The van der Waals surface area contributed by atoms with E-state index < -0.39 is 0 Å². The molecule has 1 aromatic rings. The summed E-state index contributed by atoms with van der Waals surface area (Å²) in [4.78, 5) is 6.07. The number of rotatable bonds is 3. The molecule has 0 saturated heterocycles. The third kappa shape index (κ3) is 2.15. The van der Waals surface area contributed by atoms with Crippen LogP contribution in [0.3, 0.4) is 0 Å². The lowest BCUT2D eigenvalue weighted by Gasteiger charge is -2.22. The maximum absolute atomic E-state index is 4.56. The molecule has 2 rings (SSSR count). The van der Waals surface area contributed by atoms with Crippen molar-refractivity contribution in [3.8, 4) is 0 Å². The normalized spacial score (nSPS) is 20.9. The highest BCUT2D eigenvalue weighted by atomic mass is 32.1. The fourth-order valence-corrected chi connectivity index (χ4v) is 3.09. The van der Waals surface area contributed by atoms with Crippen molar-refractivity contribution in [3.63, 3.8) is 0 Å². The molecule has 1 N–H and O–H groups in total. The molecular weight excluding hydrogens is 192 g/mol. The maximum atomic E-state index is 4.56. The second-order valence-electron chi connectivity index (χ2n) is 4.00. The second kappa shape index (κ2) is 4.41. The molecule has 1 heterocycles. The van der Waals surface area contributed by atoms with Crippen LogP contribution in [0.4, 0.5) is 0 Å². The molecule has 3 heteroatoms. The van der Waals surface area contributed by atoms with Gasteiger partial charge in [0.15, 0.2) is 0 Å². The van der Waals surface area contributed by atoms with Gasteiger partial charge in [-0.1, -0.05) is 6.92 Å². The van der Waals surface area contributed by atoms with E-state index in [2.05, 4.69) is 24.1 Å². The van der Waals surface area contributed by atoms with E-state index >= 15 is 0 Å². The SMILES string of the molecule is CCCN[C@H]1CCc2nc(C)sc2C1. The monoisotopic (exact) mass is 210 g/mol. The number of hydrogen-bond donors (Lipinski definition) is 1. The Morgan fingerprint density at radius 3 is 3.21 bits per heavy atom. The summed E-state index contributed by atoms with van der Waals surface area (Å²) in [5.41, 5.74) is 1.36. The Kier molecular flexibility index (Phi) is 3.19. The molecule has 0 fully saturated rings. The van der Waals surface area contributed by atoms with Gasteiger partial charge in [0, 0.05) is 10.9 Å². The van der Waals surface area contributed by atoms with Crippen LogP contribution in [0.25, 0.3) is 0 Å². The molecule has 0 amide bonds. The Labute approximate surface area is 89.8 Å². The quantitative estimate of drug-likeness (QED) is 0.828. The zero-order chi connectivity index (χ0) is 9.97. The smallest absolute Gasteiger partial charge is 0.0900 e. The van der Waals surface area contributed by atoms with E-state index in [0.717, 1.165) is 6.54 Å². The molecule has 1 aromatic heterocycles. The van der Waals surface area contributed by atoms with Crippen LogP contribution in [-0.2, 0) is 12.8 Å². The Bertz CT molecular complexity index is 306. The van der Waals surface area contributed by atoms with Crippen LogP contribution in [0.15, 0.2) is 0 Å². The molecule has 0 unspecified atom stereocenters. The first-order valence-electron chi connectivity index (χ1n) is 5.48. The van der Waals surface area contributed by atoms with Crippen LogP contribution in [-0.4, -0.2) is 17.6 Å². The summed E-state index contributed by atoms with van der Waals surface area (Å²) in [7, 11) is 0. The van der Waals surface area contributed by atoms with Crippen molar-refractivity contribution in [2.45, 2.75) is 45.6 Å². The first-order chi connectivity index (χ1) is 6.79. The van der Waals surface area contributed by atoms with Crippen molar-refractivity contribution >= 4 is 11.3 Å². The number of nitrogens with zero attached hydrogens (tertiary/aromatic N) is 1. The van der Waals surface area contributed by atoms with E-state index in [4.69, 9.17) is 0 Å². The highest BCUT2D eigenvalue weighted by Crippen LogP contribution is 2.26. The molecule has 2 nitrogen and oxygen atoms in total. The molecular formula is C11H18N2S. The lowest BCUT2D eigenvalue weighted by molar-refractivity contribution is 0.459. The van der Waals surface area contributed by atoms with Crippen LogP contribution in [0, 0.1) is 6.92 Å². The minimum Gasteiger partial charge on any atom is -0.314 e. The number of aromatic nitrogens is 1. The molecule has 1 aliphatic rings. The lowest BCUT2D eigenvalue weighted by Crippen LogP contribution is -2.34. The standard InChI is InChI=1S/C11H18N2S/c1-3-6-12-9-4-5-10-11(7-9)14-8(2)13-10/h9,12H,3-7H2,1-2H3/t9-/m0/s1. The summed E-state index contributed by atoms with van der Waals surface area (Å²) in [5.74, 6) is 0. The van der Waals surface area contributed by atoms with E-state index in [1.54, 1.807) is 0 Å². The Morgan fingerprint density at radius 1 is 1.57 bits per heavy atom. The van der Waals surface area contributed by atoms with Crippen molar-refractivity contribution in [2.24, 2.45) is 0 Å². The lowest BCUT2D eigenvalue weighted by atomic mass is 9.98. The van der Waals surface area contributed by atoms with Crippen molar-refractivity contribution in [2.75, 3.05) is 6.54 Å². The summed E-state index contributed by atoms with van der Waals surface area (Å²) in [6, 6.07) is 0.697. The van der Waals surface area contributed by atoms with Gasteiger partial charge in [0.05, 0.1) is 10.7 Å². The van der Waals surface area contributed by atoms with Crippen molar-refractivity contribution < 1.29 is 0 Å². The molecule has 1 aliphatic carbocycles. The van der Waals surface area contributed by atoms with Crippen LogP contribution in [0.2, 0.25) is 0 Å². The fourth-order valence-electron chi connectivity index (χ4n) is 2.03. The Hall–Kier alpha value is -0.410. The third-order valence-electron chi connectivity index (χ3n) is 2.73. The van der Waals surface area contributed by atoms with E-state index in [0.29, 0.717) is 6.04 Å². The minimum absolute atomic E-state index is 0.697. The largest absolute Gasteiger partial charge is 0.314 e. The molecule has 1 atom stereocenters. The molecule has 78 valence electrons. The number of thiazole rings is 1. The first-order valence-corrected chi connectivity index (χ1v) is 6.29. The van der Waals surface area contributed by atoms with Gasteiger partial charge in [-0.25, -0.2) is 4.98 Å². The summed E-state index contributed by atoms with van der Waals surface area (Å²) >= 11 is 1.88. The second-order valence-corrected chi connectivity index (χ2v) is 5.28. The van der Waals surface area contributed by atoms with E-state index in [-0.39, 0.29) is 0 Å². The van der Waals surface area contributed by atoms with Gasteiger partial charge in [0.25, 0.3) is 0 Å². The zero-order valence-electron chi connectivity index (χ0n) is 8.97. The molecule has 0 spiro atoms. The van der Waals surface area contributed by atoms with Crippen molar-refractivity contribution in [1.82, 2.24) is 10.3 Å². The molecule has 0 aromatic carbocycles. The fraction of sp³-hybridized carbons (Fsp3) is 0.727. The number of aryl methyl sites for hydroxylation is 2. The van der Waals surface area contributed by atoms with Crippen molar-refractivity contribution in [1.29, 1.82) is 0 Å². The van der Waals surface area contributed by atoms with Crippen molar-refractivity contribution in [3.05, 3.63) is 15.6 Å². The van der Waals surface area contributed by atoms with Gasteiger partial charge in [0.1, 0.15) is 0 Å². The average molecular weight is 210 g/mol. The molecule has 0 aliphatic heterocycles. The van der Waals surface area contributed by atoms with Crippen LogP contribution in [0.1, 0.15) is 35.3 Å². The molecule has 0 radical (unpaired) electrons. The van der Waals surface area contributed by atoms with Crippen LogP contribution >= 0.6 is 11.3 Å². The van der Waals surface area contributed by atoms with E-state index in [1.165, 1.54) is 41.3 Å². The summed E-state index contributed by atoms with van der Waals surface area (Å²) in [6.07, 6.45) is 4.85. The minimum atomic E-state index is 0.697. The van der Waals surface area contributed by atoms with Gasteiger partial charge in [-0.3, -0.25) is 0 Å². The Morgan fingerprint density at radius 2 is 2.43 bits per heavy atom. The number of fused-ring (bicyclic) bond motifs is 1. The van der Waals surface area contributed by atoms with Crippen LogP contribution in [0.5, 0.6) is 0 Å². The Balaban J connectivity index is 1.98. The van der Waals surface area contributed by atoms with Gasteiger partial charge in [-0.2, -0.15) is 0 Å². The van der Waals surface area contributed by atoms with E-state index in [9.17, 15) is 0 Å². The highest BCUT2D eigenvalue weighted by molar-refractivity contribution is 7.11. The van der Waals surface area contributed by atoms with Gasteiger partial charge in [-0.15, -0.1) is 11.3 Å². The topological polar surface area (TPSA) is 24.9 Å². The number of hydrogen-bond acceptors (Lipinski definition) is 3. The first kappa shape index (κ1) is 10.1. The predicted octanol–water partition coefficient (Wildman–Crippen LogP) is 2.31. The maximum Gasteiger partial charge on any atom is 0.0900 e. The predicted molar refractivity (Wildman–Crippen MR) is 61.0 cm³/mol. The summed E-state index contributed by atoms with van der Waals surface area (Å²) < 4.78 is 0. The highest BCUT2D eigenvalue weighted by Gasteiger charge is 2.20. The van der Waals surface area contributed by atoms with Gasteiger partial charge in [0.2, 0.25) is 0 Å². The molecule has 0 saturated carbocycles. The van der Waals surface area contributed by atoms with Gasteiger partial charge >= 0.3 is 0 Å². The average Bonchev–Trinajstić information content (AvgIpc) is 2.54. The van der Waals surface area contributed by atoms with Crippen LogP contribution < -0.4 is 5.32 Å². The third-order valence-corrected chi connectivity index (χ3v) is 3.76. The van der Waals surface area contributed by atoms with E-state index in [1.807, 2.05) is 11.3 Å². The summed E-state index contributed by atoms with van der Waals surface area (Å²) in [5, 5.41) is 4.83. The molecule has 0 bridgehead atoms. The van der Waals surface area contributed by atoms with Gasteiger partial charge in [-0.05, 0) is 39.2 Å². The summed E-state index contributed by atoms with van der Waals surface area (Å²) in [6.45, 7) is 5.48.